The third-order valence-corrected chi connectivity index (χ3v) is 4.24. The topological polar surface area (TPSA) is 88.3 Å². The van der Waals surface area contributed by atoms with E-state index in [0.717, 1.165) is 17.7 Å². The summed E-state index contributed by atoms with van der Waals surface area (Å²) in [7, 11) is 0. The Hall–Kier alpha value is -3.48. The number of aromatic nitrogens is 2. The molecule has 3 aromatic rings. The molecular weight excluding hydrogens is 332 g/mol. The molecule has 0 bridgehead atoms. The van der Waals surface area contributed by atoms with Crippen LogP contribution in [0.1, 0.15) is 32.2 Å². The summed E-state index contributed by atoms with van der Waals surface area (Å²) in [6.07, 6.45) is 2.27. The first kappa shape index (κ1) is 16.0. The van der Waals surface area contributed by atoms with Crippen molar-refractivity contribution in [2.75, 3.05) is 16.8 Å². The Bertz CT molecular complexity index is 996. The predicted octanol–water partition coefficient (Wildman–Crippen LogP) is 2.83. The highest BCUT2D eigenvalue weighted by atomic mass is 16.5. The van der Waals surface area contributed by atoms with Crippen LogP contribution >= 0.6 is 0 Å². The van der Waals surface area contributed by atoms with Crippen LogP contribution in [0.15, 0.2) is 53.2 Å². The molecule has 0 fully saturated rings. The van der Waals surface area contributed by atoms with Crippen molar-refractivity contribution < 1.29 is 14.1 Å². The van der Waals surface area contributed by atoms with Crippen LogP contribution in [0, 0.1) is 6.92 Å². The molecule has 0 atom stereocenters. The first-order valence-corrected chi connectivity index (χ1v) is 8.22. The molecule has 0 saturated carbocycles. The smallest absolute Gasteiger partial charge is 0.276 e. The Morgan fingerprint density at radius 1 is 1.19 bits per heavy atom. The van der Waals surface area contributed by atoms with Crippen LogP contribution in [0.3, 0.4) is 0 Å². The first-order valence-electron chi connectivity index (χ1n) is 8.22. The summed E-state index contributed by atoms with van der Waals surface area (Å²) >= 11 is 0. The second kappa shape index (κ2) is 6.44. The number of hydrogen-bond acceptors (Lipinski definition) is 5. The minimum atomic E-state index is -0.378. The van der Waals surface area contributed by atoms with E-state index >= 15 is 0 Å². The summed E-state index contributed by atoms with van der Waals surface area (Å²) in [4.78, 5) is 31.1. The number of aryl methyl sites for hydroxylation is 1. The van der Waals surface area contributed by atoms with Gasteiger partial charge in [-0.15, -0.1) is 0 Å². The fourth-order valence-corrected chi connectivity index (χ4v) is 2.99. The third-order valence-electron chi connectivity index (χ3n) is 4.24. The van der Waals surface area contributed by atoms with Gasteiger partial charge in [-0.1, -0.05) is 23.4 Å². The zero-order chi connectivity index (χ0) is 18.1. The van der Waals surface area contributed by atoms with Gasteiger partial charge in [0.05, 0.1) is 0 Å². The van der Waals surface area contributed by atoms with Crippen molar-refractivity contribution in [2.24, 2.45) is 0 Å². The summed E-state index contributed by atoms with van der Waals surface area (Å²) in [5, 5.41) is 6.36. The maximum Gasteiger partial charge on any atom is 0.276 e. The molecule has 2 amide bonds. The molecule has 7 nitrogen and oxygen atoms in total. The molecular formula is C19H16N4O3. The molecule has 7 heteroatoms. The highest BCUT2D eigenvalue weighted by Crippen LogP contribution is 2.28. The minimum absolute atomic E-state index is 0.220. The van der Waals surface area contributed by atoms with E-state index in [4.69, 9.17) is 4.52 Å². The summed E-state index contributed by atoms with van der Waals surface area (Å²) < 4.78 is 4.93. The van der Waals surface area contributed by atoms with Gasteiger partial charge < -0.3 is 14.7 Å². The number of pyridine rings is 1. The Balaban J connectivity index is 1.56. The highest BCUT2D eigenvalue weighted by Gasteiger charge is 2.26. The molecule has 3 heterocycles. The van der Waals surface area contributed by atoms with Gasteiger partial charge in [0.25, 0.3) is 11.8 Å². The molecule has 4 rings (SSSR count). The summed E-state index contributed by atoms with van der Waals surface area (Å²) in [6, 6.07) is 12.5. The van der Waals surface area contributed by atoms with Crippen molar-refractivity contribution in [1.82, 2.24) is 10.1 Å². The number of anilines is 2. The summed E-state index contributed by atoms with van der Waals surface area (Å²) in [5.74, 6) is 0.322. The molecule has 1 aliphatic rings. The van der Waals surface area contributed by atoms with Crippen LogP contribution in [-0.4, -0.2) is 28.5 Å². The lowest BCUT2D eigenvalue weighted by molar-refractivity contribution is 0.0984. The number of rotatable bonds is 3. The van der Waals surface area contributed by atoms with Crippen molar-refractivity contribution in [3.63, 3.8) is 0 Å². The van der Waals surface area contributed by atoms with E-state index < -0.39 is 0 Å². The van der Waals surface area contributed by atoms with Gasteiger partial charge in [-0.3, -0.25) is 14.6 Å². The molecule has 0 saturated heterocycles. The maximum absolute atomic E-state index is 12.9. The number of nitrogens with one attached hydrogen (secondary N) is 1. The molecule has 130 valence electrons. The maximum atomic E-state index is 12.9. The summed E-state index contributed by atoms with van der Waals surface area (Å²) in [6.45, 7) is 2.34. The average Bonchev–Trinajstić information content (AvgIpc) is 3.27. The van der Waals surface area contributed by atoms with Crippen LogP contribution in [0.5, 0.6) is 0 Å². The molecule has 1 aromatic carbocycles. The van der Waals surface area contributed by atoms with Gasteiger partial charge in [-0.05, 0) is 37.1 Å². The van der Waals surface area contributed by atoms with Gasteiger partial charge in [0.1, 0.15) is 11.5 Å². The number of carbonyl (C=O) groups excluding carboxylic acids is 2. The van der Waals surface area contributed by atoms with Gasteiger partial charge in [0, 0.05) is 30.1 Å². The number of para-hydroxylation sites is 1. The van der Waals surface area contributed by atoms with Crippen molar-refractivity contribution in [1.29, 1.82) is 0 Å². The highest BCUT2D eigenvalue weighted by molar-refractivity contribution is 6.09. The zero-order valence-electron chi connectivity index (χ0n) is 14.1. The van der Waals surface area contributed by atoms with Gasteiger partial charge in [0.15, 0.2) is 5.82 Å². The monoisotopic (exact) mass is 348 g/mol. The van der Waals surface area contributed by atoms with E-state index in [9.17, 15) is 9.59 Å². The van der Waals surface area contributed by atoms with Crippen LogP contribution in [0.25, 0.3) is 0 Å². The quantitative estimate of drug-likeness (QED) is 0.786. The molecule has 0 aliphatic carbocycles. The van der Waals surface area contributed by atoms with E-state index in [1.807, 2.05) is 24.3 Å². The van der Waals surface area contributed by atoms with Crippen LogP contribution in [0.4, 0.5) is 11.5 Å². The second-order valence-electron chi connectivity index (χ2n) is 6.04. The largest absolute Gasteiger partial charge is 0.360 e. The predicted molar refractivity (Wildman–Crippen MR) is 95.3 cm³/mol. The molecule has 1 aliphatic heterocycles. The van der Waals surface area contributed by atoms with Crippen molar-refractivity contribution in [2.45, 2.75) is 13.3 Å². The second-order valence-corrected chi connectivity index (χ2v) is 6.04. The van der Waals surface area contributed by atoms with E-state index in [0.29, 0.717) is 23.7 Å². The van der Waals surface area contributed by atoms with Gasteiger partial charge >= 0.3 is 0 Å². The fourth-order valence-electron chi connectivity index (χ4n) is 2.99. The molecule has 0 unspecified atom stereocenters. The van der Waals surface area contributed by atoms with Crippen LogP contribution in [0.2, 0.25) is 0 Å². The van der Waals surface area contributed by atoms with E-state index in [1.165, 1.54) is 12.3 Å². The Morgan fingerprint density at radius 3 is 2.85 bits per heavy atom. The summed E-state index contributed by atoms with van der Waals surface area (Å²) in [5.41, 5.74) is 2.59. The normalized spacial score (nSPS) is 12.7. The van der Waals surface area contributed by atoms with Crippen molar-refractivity contribution >= 4 is 23.3 Å². The van der Waals surface area contributed by atoms with Gasteiger partial charge in [0.2, 0.25) is 0 Å². The van der Waals surface area contributed by atoms with E-state index in [1.54, 1.807) is 24.0 Å². The fraction of sp³-hybridized carbons (Fsp3) is 0.158. The Labute approximate surface area is 149 Å². The van der Waals surface area contributed by atoms with Crippen LogP contribution in [-0.2, 0) is 6.42 Å². The van der Waals surface area contributed by atoms with E-state index in [2.05, 4.69) is 15.5 Å². The average molecular weight is 348 g/mol. The van der Waals surface area contributed by atoms with Crippen molar-refractivity contribution in [3.05, 3.63) is 71.2 Å². The Kier molecular flexibility index (Phi) is 3.96. The van der Waals surface area contributed by atoms with E-state index in [-0.39, 0.29) is 17.5 Å². The van der Waals surface area contributed by atoms with Gasteiger partial charge in [-0.2, -0.15) is 0 Å². The lowest BCUT2D eigenvalue weighted by Crippen LogP contribution is -2.30. The lowest BCUT2D eigenvalue weighted by atomic mass is 10.1. The van der Waals surface area contributed by atoms with Gasteiger partial charge in [-0.25, -0.2) is 0 Å². The molecule has 26 heavy (non-hydrogen) atoms. The molecule has 0 spiro atoms. The molecule has 1 N–H and O–H groups in total. The Morgan fingerprint density at radius 2 is 2.04 bits per heavy atom. The number of benzene rings is 1. The number of hydrogen-bond donors (Lipinski definition) is 1. The first-order chi connectivity index (χ1) is 12.6. The number of fused-ring (bicyclic) bond motifs is 1. The zero-order valence-corrected chi connectivity index (χ0v) is 14.1. The molecule has 0 radical (unpaired) electrons. The van der Waals surface area contributed by atoms with Crippen LogP contribution < -0.4 is 10.2 Å². The number of nitrogens with zero attached hydrogens (tertiary/aromatic N) is 3. The van der Waals surface area contributed by atoms with Crippen molar-refractivity contribution in [3.8, 4) is 0 Å². The third kappa shape index (κ3) is 2.95. The number of carbonyl (C=O) groups is 2. The number of amides is 2. The SMILES string of the molecule is Cc1cc(NC(=O)c2ccnc(C(=O)N3CCc4ccccc43)c2)no1. The minimum Gasteiger partial charge on any atom is -0.360 e. The lowest BCUT2D eigenvalue weighted by Gasteiger charge is -2.17. The molecule has 2 aromatic heterocycles. The standard InChI is InChI=1S/C19H16N4O3/c1-12-10-17(22-26-12)21-18(24)14-6-8-20-15(11-14)19(25)23-9-7-13-4-2-3-5-16(13)23/h2-6,8,10-11H,7,9H2,1H3,(H,21,22,24).